The third-order valence-corrected chi connectivity index (χ3v) is 3.94. The van der Waals surface area contributed by atoms with E-state index in [2.05, 4.69) is 9.72 Å². The molecule has 21 heavy (non-hydrogen) atoms. The summed E-state index contributed by atoms with van der Waals surface area (Å²) in [6.07, 6.45) is 2.24. The van der Waals surface area contributed by atoms with E-state index in [1.807, 2.05) is 0 Å². The highest BCUT2D eigenvalue weighted by molar-refractivity contribution is 6.20. The Kier molecular flexibility index (Phi) is 3.32. The number of amides is 3. The number of pyridine rings is 1. The molecule has 1 aromatic rings. The number of carbonyl (C=O) groups excluding carboxylic acids is 3. The van der Waals surface area contributed by atoms with E-state index >= 15 is 0 Å². The second-order valence-corrected chi connectivity index (χ2v) is 5.07. The first kappa shape index (κ1) is 13.5. The van der Waals surface area contributed by atoms with Gasteiger partial charge < -0.3 is 9.64 Å². The average Bonchev–Trinajstić information content (AvgIpc) is 2.79. The number of carbonyl (C=O) groups is 3. The quantitative estimate of drug-likeness (QED) is 0.718. The fourth-order valence-electron chi connectivity index (χ4n) is 2.85. The fourth-order valence-corrected chi connectivity index (χ4v) is 2.85. The van der Waals surface area contributed by atoms with E-state index < -0.39 is 0 Å². The molecule has 110 valence electrons. The molecule has 0 aliphatic carbocycles. The first-order chi connectivity index (χ1) is 10.1. The van der Waals surface area contributed by atoms with E-state index in [1.165, 1.54) is 18.2 Å². The molecular formula is C14H15N3O4. The van der Waals surface area contributed by atoms with Gasteiger partial charge >= 0.3 is 6.09 Å². The van der Waals surface area contributed by atoms with E-state index in [0.29, 0.717) is 31.5 Å². The zero-order valence-corrected chi connectivity index (χ0v) is 11.6. The van der Waals surface area contributed by atoms with Crippen LogP contribution in [0.15, 0.2) is 18.3 Å². The molecule has 0 aromatic carbocycles. The number of fused-ring (bicyclic) bond motifs is 1. The Balaban J connectivity index is 1.74. The molecule has 0 atom stereocenters. The monoisotopic (exact) mass is 289 g/mol. The van der Waals surface area contributed by atoms with E-state index in [4.69, 9.17) is 0 Å². The maximum absolute atomic E-state index is 12.3. The van der Waals surface area contributed by atoms with Crippen LogP contribution in [0.4, 0.5) is 4.79 Å². The van der Waals surface area contributed by atoms with Gasteiger partial charge in [-0.1, -0.05) is 0 Å². The molecule has 1 fully saturated rings. The predicted octanol–water partition coefficient (Wildman–Crippen LogP) is 0.908. The van der Waals surface area contributed by atoms with Gasteiger partial charge in [0.1, 0.15) is 5.69 Å². The summed E-state index contributed by atoms with van der Waals surface area (Å²) >= 11 is 0. The third-order valence-electron chi connectivity index (χ3n) is 3.94. The van der Waals surface area contributed by atoms with Crippen LogP contribution in [0, 0.1) is 0 Å². The number of likely N-dealkylation sites (tertiary alicyclic amines) is 1. The van der Waals surface area contributed by atoms with Crippen LogP contribution in [-0.4, -0.2) is 58.9 Å². The number of nitrogens with zero attached hydrogens (tertiary/aromatic N) is 3. The van der Waals surface area contributed by atoms with Gasteiger partial charge in [0.15, 0.2) is 0 Å². The summed E-state index contributed by atoms with van der Waals surface area (Å²) in [7, 11) is 1.34. The topological polar surface area (TPSA) is 79.8 Å². The fraction of sp³-hybridized carbons (Fsp3) is 0.429. The van der Waals surface area contributed by atoms with Crippen LogP contribution in [0.3, 0.4) is 0 Å². The summed E-state index contributed by atoms with van der Waals surface area (Å²) in [4.78, 5) is 43.0. The maximum Gasteiger partial charge on any atom is 0.409 e. The van der Waals surface area contributed by atoms with Crippen LogP contribution in [-0.2, 0) is 4.74 Å². The Labute approximate surface area is 121 Å². The summed E-state index contributed by atoms with van der Waals surface area (Å²) in [5.74, 6) is -0.633. The Morgan fingerprint density at radius 2 is 2.00 bits per heavy atom. The van der Waals surface area contributed by atoms with Crippen molar-refractivity contribution < 1.29 is 19.1 Å². The average molecular weight is 289 g/mol. The molecule has 3 heterocycles. The van der Waals surface area contributed by atoms with E-state index in [9.17, 15) is 14.4 Å². The maximum atomic E-state index is 12.3. The molecule has 3 rings (SSSR count). The van der Waals surface area contributed by atoms with Gasteiger partial charge in [0, 0.05) is 25.3 Å². The lowest BCUT2D eigenvalue weighted by molar-refractivity contribution is 0.0494. The van der Waals surface area contributed by atoms with Gasteiger partial charge in [-0.25, -0.2) is 4.79 Å². The van der Waals surface area contributed by atoms with Gasteiger partial charge in [-0.3, -0.25) is 19.5 Å². The number of hydrogen-bond donors (Lipinski definition) is 0. The largest absolute Gasteiger partial charge is 0.453 e. The van der Waals surface area contributed by atoms with Crippen molar-refractivity contribution in [2.75, 3.05) is 20.2 Å². The van der Waals surface area contributed by atoms with Crippen molar-refractivity contribution in [3.63, 3.8) is 0 Å². The molecular weight excluding hydrogens is 274 g/mol. The van der Waals surface area contributed by atoms with E-state index in [0.717, 1.165) is 0 Å². The zero-order chi connectivity index (χ0) is 15.0. The Morgan fingerprint density at radius 3 is 2.62 bits per heavy atom. The number of rotatable bonds is 1. The Morgan fingerprint density at radius 1 is 1.29 bits per heavy atom. The van der Waals surface area contributed by atoms with Crippen molar-refractivity contribution in [3.8, 4) is 0 Å². The van der Waals surface area contributed by atoms with Gasteiger partial charge in [-0.2, -0.15) is 0 Å². The second kappa shape index (κ2) is 5.16. The number of imide groups is 1. The predicted molar refractivity (Wildman–Crippen MR) is 71.7 cm³/mol. The van der Waals surface area contributed by atoms with Crippen LogP contribution in [0.25, 0.3) is 0 Å². The summed E-state index contributed by atoms with van der Waals surface area (Å²) < 4.78 is 4.67. The van der Waals surface area contributed by atoms with Crippen LogP contribution in [0.1, 0.15) is 33.7 Å². The molecule has 2 aliphatic rings. The summed E-state index contributed by atoms with van der Waals surface area (Å²) in [6, 6.07) is 3.07. The van der Waals surface area contributed by atoms with Crippen molar-refractivity contribution in [2.24, 2.45) is 0 Å². The van der Waals surface area contributed by atoms with Crippen molar-refractivity contribution in [1.29, 1.82) is 0 Å². The summed E-state index contributed by atoms with van der Waals surface area (Å²) in [6.45, 7) is 0.941. The van der Waals surface area contributed by atoms with Gasteiger partial charge in [0.25, 0.3) is 11.8 Å². The minimum absolute atomic E-state index is 0.194. The molecule has 0 saturated carbocycles. The van der Waals surface area contributed by atoms with E-state index in [-0.39, 0.29) is 29.6 Å². The molecule has 3 amide bonds. The molecule has 1 aromatic heterocycles. The molecule has 1 saturated heterocycles. The zero-order valence-electron chi connectivity index (χ0n) is 11.6. The van der Waals surface area contributed by atoms with Crippen LogP contribution < -0.4 is 0 Å². The van der Waals surface area contributed by atoms with Crippen molar-refractivity contribution >= 4 is 17.9 Å². The third kappa shape index (κ3) is 2.14. The highest BCUT2D eigenvalue weighted by Gasteiger charge is 2.42. The molecule has 0 radical (unpaired) electrons. The Hall–Kier alpha value is -2.44. The standard InChI is InChI=1S/C14H15N3O4/c1-21-14(20)16-7-4-9(5-8-16)17-12(18)10-3-2-6-15-11(10)13(17)19/h2-3,6,9H,4-5,7-8H2,1H3. The number of hydrogen-bond acceptors (Lipinski definition) is 5. The van der Waals surface area contributed by atoms with Gasteiger partial charge in [-0.15, -0.1) is 0 Å². The number of methoxy groups -OCH3 is 1. The molecule has 0 spiro atoms. The number of ether oxygens (including phenoxy) is 1. The second-order valence-electron chi connectivity index (χ2n) is 5.07. The van der Waals surface area contributed by atoms with Gasteiger partial charge in [0.2, 0.25) is 0 Å². The molecule has 7 nitrogen and oxygen atoms in total. The SMILES string of the molecule is COC(=O)N1CCC(N2C(=O)c3cccnc3C2=O)CC1. The number of aromatic nitrogens is 1. The minimum atomic E-state index is -0.377. The van der Waals surface area contributed by atoms with Crippen LogP contribution >= 0.6 is 0 Å². The minimum Gasteiger partial charge on any atom is -0.453 e. The first-order valence-electron chi connectivity index (χ1n) is 6.79. The molecule has 7 heteroatoms. The highest BCUT2D eigenvalue weighted by atomic mass is 16.5. The van der Waals surface area contributed by atoms with Crippen LogP contribution in [0.2, 0.25) is 0 Å². The van der Waals surface area contributed by atoms with Crippen molar-refractivity contribution in [1.82, 2.24) is 14.8 Å². The molecule has 0 bridgehead atoms. The normalized spacial score (nSPS) is 18.9. The van der Waals surface area contributed by atoms with Crippen molar-refractivity contribution in [3.05, 3.63) is 29.6 Å². The number of piperidine rings is 1. The summed E-state index contributed by atoms with van der Waals surface area (Å²) in [5, 5.41) is 0. The van der Waals surface area contributed by atoms with Crippen LogP contribution in [0.5, 0.6) is 0 Å². The first-order valence-corrected chi connectivity index (χ1v) is 6.79. The smallest absolute Gasteiger partial charge is 0.409 e. The van der Waals surface area contributed by atoms with Crippen molar-refractivity contribution in [2.45, 2.75) is 18.9 Å². The highest BCUT2D eigenvalue weighted by Crippen LogP contribution is 2.27. The van der Waals surface area contributed by atoms with Gasteiger partial charge in [-0.05, 0) is 25.0 Å². The molecule has 2 aliphatic heterocycles. The molecule has 0 N–H and O–H groups in total. The lowest BCUT2D eigenvalue weighted by atomic mass is 10.0. The summed E-state index contributed by atoms with van der Waals surface area (Å²) in [5.41, 5.74) is 0.579. The lowest BCUT2D eigenvalue weighted by Crippen LogP contribution is -2.48. The lowest BCUT2D eigenvalue weighted by Gasteiger charge is -2.34. The van der Waals surface area contributed by atoms with E-state index in [1.54, 1.807) is 17.0 Å². The Bertz CT molecular complexity index is 573. The van der Waals surface area contributed by atoms with Gasteiger partial charge in [0.05, 0.1) is 12.7 Å². The molecule has 0 unspecified atom stereocenters.